The van der Waals surface area contributed by atoms with Crippen LogP contribution in [-0.2, 0) is 6.54 Å². The number of hydrogen-bond donors (Lipinski definition) is 1. The first-order valence-electron chi connectivity index (χ1n) is 2.83. The molecular weight excluding hydrogens is 116 g/mol. The summed E-state index contributed by atoms with van der Waals surface area (Å²) in [5, 5.41) is 12.9. The van der Waals surface area contributed by atoms with E-state index in [0.29, 0.717) is 12.2 Å². The Kier molecular flexibility index (Phi) is 1.42. The van der Waals surface area contributed by atoms with Crippen LogP contribution in [0.5, 0.6) is 5.88 Å². The third-order valence-corrected chi connectivity index (χ3v) is 1.11. The Morgan fingerprint density at radius 3 is 2.78 bits per heavy atom. The van der Waals surface area contributed by atoms with Crippen LogP contribution in [0.2, 0.25) is 0 Å². The molecule has 1 N–H and O–H groups in total. The molecule has 0 spiro atoms. The van der Waals surface area contributed by atoms with Crippen molar-refractivity contribution in [2.24, 2.45) is 0 Å². The molecular formula is C6H9N2O. The third-order valence-electron chi connectivity index (χ3n) is 1.11. The van der Waals surface area contributed by atoms with E-state index >= 15 is 0 Å². The van der Waals surface area contributed by atoms with Gasteiger partial charge in [-0.1, -0.05) is 0 Å². The molecule has 0 aliphatic heterocycles. The van der Waals surface area contributed by atoms with Crippen molar-refractivity contribution in [3.8, 4) is 5.88 Å². The Bertz CT molecular complexity index is 205. The fraction of sp³-hybridized carbons (Fsp3) is 0.333. The maximum absolute atomic E-state index is 8.99. The molecule has 0 aliphatic rings. The molecule has 9 heavy (non-hydrogen) atoms. The minimum Gasteiger partial charge on any atom is -0.493 e. The predicted molar refractivity (Wildman–Crippen MR) is 34.0 cm³/mol. The minimum absolute atomic E-state index is 0.183. The van der Waals surface area contributed by atoms with Crippen molar-refractivity contribution in [3.63, 3.8) is 0 Å². The molecule has 0 saturated carbocycles. The summed E-state index contributed by atoms with van der Waals surface area (Å²) in [7, 11) is 0. The largest absolute Gasteiger partial charge is 0.493 e. The van der Waals surface area contributed by atoms with E-state index in [2.05, 4.69) is 12.0 Å². The van der Waals surface area contributed by atoms with Crippen molar-refractivity contribution in [1.82, 2.24) is 9.78 Å². The quantitative estimate of drug-likeness (QED) is 0.602. The highest BCUT2D eigenvalue weighted by Crippen LogP contribution is 2.08. The average Bonchev–Trinajstić information content (AvgIpc) is 2.10. The van der Waals surface area contributed by atoms with Gasteiger partial charge in [0.1, 0.15) is 0 Å². The first-order valence-corrected chi connectivity index (χ1v) is 2.83. The van der Waals surface area contributed by atoms with Gasteiger partial charge in [-0.25, -0.2) is 4.68 Å². The highest BCUT2D eigenvalue weighted by Gasteiger charge is 1.98. The van der Waals surface area contributed by atoms with Crippen molar-refractivity contribution < 1.29 is 5.11 Å². The van der Waals surface area contributed by atoms with E-state index in [1.165, 1.54) is 10.7 Å². The van der Waals surface area contributed by atoms with E-state index in [9.17, 15) is 0 Å². The van der Waals surface area contributed by atoms with E-state index < -0.39 is 0 Å². The number of aromatic hydroxyl groups is 1. The van der Waals surface area contributed by atoms with Gasteiger partial charge in [0.2, 0.25) is 5.88 Å². The zero-order chi connectivity index (χ0) is 6.85. The summed E-state index contributed by atoms with van der Waals surface area (Å²) in [5.74, 6) is 0.183. The van der Waals surface area contributed by atoms with E-state index in [1.807, 2.05) is 6.92 Å². The number of rotatable bonds is 1. The van der Waals surface area contributed by atoms with Gasteiger partial charge < -0.3 is 5.11 Å². The summed E-state index contributed by atoms with van der Waals surface area (Å²) in [6.45, 7) is 6.15. The summed E-state index contributed by atoms with van der Waals surface area (Å²) in [6, 6.07) is 1.53. The molecule has 0 unspecified atom stereocenters. The molecule has 0 atom stereocenters. The molecule has 1 rings (SSSR count). The number of nitrogens with zero attached hydrogens (tertiary/aromatic N) is 2. The molecule has 0 aliphatic carbocycles. The Hall–Kier alpha value is -0.990. The summed E-state index contributed by atoms with van der Waals surface area (Å²) >= 11 is 0. The monoisotopic (exact) mass is 125 g/mol. The lowest BCUT2D eigenvalue weighted by Crippen LogP contribution is -1.94. The van der Waals surface area contributed by atoms with Gasteiger partial charge in [0, 0.05) is 12.6 Å². The maximum atomic E-state index is 8.99. The molecule has 0 fully saturated rings. The Morgan fingerprint density at radius 2 is 2.56 bits per heavy atom. The zero-order valence-corrected chi connectivity index (χ0v) is 5.33. The van der Waals surface area contributed by atoms with E-state index in [4.69, 9.17) is 5.11 Å². The second-order valence-electron chi connectivity index (χ2n) is 1.81. The van der Waals surface area contributed by atoms with E-state index in [0.717, 1.165) is 0 Å². The van der Waals surface area contributed by atoms with Crippen LogP contribution in [0.3, 0.4) is 0 Å². The van der Waals surface area contributed by atoms with Gasteiger partial charge in [0.25, 0.3) is 0 Å². The summed E-state index contributed by atoms with van der Waals surface area (Å²) < 4.78 is 1.49. The molecule has 0 aromatic carbocycles. The molecule has 0 saturated heterocycles. The van der Waals surface area contributed by atoms with Crippen LogP contribution in [-0.4, -0.2) is 14.9 Å². The lowest BCUT2D eigenvalue weighted by molar-refractivity contribution is 0.405. The van der Waals surface area contributed by atoms with Crippen molar-refractivity contribution in [3.05, 3.63) is 18.7 Å². The highest BCUT2D eigenvalue weighted by molar-refractivity contribution is 5.16. The van der Waals surface area contributed by atoms with Gasteiger partial charge in [0.15, 0.2) is 0 Å². The van der Waals surface area contributed by atoms with Crippen LogP contribution in [0.1, 0.15) is 12.6 Å². The van der Waals surface area contributed by atoms with Crippen LogP contribution in [0, 0.1) is 6.92 Å². The molecule has 1 aromatic heterocycles. The highest BCUT2D eigenvalue weighted by atomic mass is 16.3. The van der Waals surface area contributed by atoms with Gasteiger partial charge in [-0.15, -0.1) is 0 Å². The smallest absolute Gasteiger partial charge is 0.209 e. The van der Waals surface area contributed by atoms with Crippen molar-refractivity contribution in [2.45, 2.75) is 13.5 Å². The second-order valence-corrected chi connectivity index (χ2v) is 1.81. The molecule has 0 bridgehead atoms. The fourth-order valence-corrected chi connectivity index (χ4v) is 0.691. The van der Waals surface area contributed by atoms with Gasteiger partial charge >= 0.3 is 0 Å². The summed E-state index contributed by atoms with van der Waals surface area (Å²) in [6.07, 6.45) is 0. The normalized spacial score (nSPS) is 10.0. The van der Waals surface area contributed by atoms with Gasteiger partial charge in [-0.05, 0) is 13.8 Å². The number of hydrogen-bond acceptors (Lipinski definition) is 2. The Morgan fingerprint density at radius 1 is 1.89 bits per heavy atom. The van der Waals surface area contributed by atoms with Crippen molar-refractivity contribution in [1.29, 1.82) is 0 Å². The molecule has 1 radical (unpaired) electrons. The fourth-order valence-electron chi connectivity index (χ4n) is 0.691. The minimum atomic E-state index is 0.183. The third kappa shape index (κ3) is 1.04. The lowest BCUT2D eigenvalue weighted by Gasteiger charge is -1.93. The SMILES string of the molecule is [CH2]c1cc(O)n(CC)n1. The zero-order valence-electron chi connectivity index (χ0n) is 5.33. The topological polar surface area (TPSA) is 38.0 Å². The van der Waals surface area contributed by atoms with Crippen molar-refractivity contribution in [2.75, 3.05) is 0 Å². The molecule has 3 nitrogen and oxygen atoms in total. The first-order chi connectivity index (χ1) is 4.24. The summed E-state index contributed by atoms with van der Waals surface area (Å²) in [4.78, 5) is 0. The van der Waals surface area contributed by atoms with E-state index in [-0.39, 0.29) is 5.88 Å². The molecule has 1 aromatic rings. The van der Waals surface area contributed by atoms with Crippen LogP contribution in [0.15, 0.2) is 6.07 Å². The molecule has 49 valence electrons. The van der Waals surface area contributed by atoms with E-state index in [1.54, 1.807) is 0 Å². The average molecular weight is 125 g/mol. The predicted octanol–water partition coefficient (Wildman–Crippen LogP) is 0.791. The second kappa shape index (κ2) is 2.09. The van der Waals surface area contributed by atoms with Crippen LogP contribution < -0.4 is 0 Å². The Labute approximate surface area is 53.9 Å². The standard InChI is InChI=1S/C6H9N2O/c1-3-8-6(9)4-5(2)7-8/h4,9H,2-3H2,1H3. The molecule has 1 heterocycles. The van der Waals surface area contributed by atoms with Crippen LogP contribution >= 0.6 is 0 Å². The molecule has 3 heteroatoms. The first kappa shape index (κ1) is 6.13. The molecule has 0 amide bonds. The number of aromatic nitrogens is 2. The Balaban J connectivity index is 3.01. The summed E-state index contributed by atoms with van der Waals surface area (Å²) in [5.41, 5.74) is 0.606. The van der Waals surface area contributed by atoms with Gasteiger partial charge in [-0.3, -0.25) is 0 Å². The maximum Gasteiger partial charge on any atom is 0.209 e. The van der Waals surface area contributed by atoms with Gasteiger partial charge in [0.05, 0.1) is 5.69 Å². The van der Waals surface area contributed by atoms with Gasteiger partial charge in [-0.2, -0.15) is 5.10 Å². The van der Waals surface area contributed by atoms with Crippen LogP contribution in [0.4, 0.5) is 0 Å². The lowest BCUT2D eigenvalue weighted by atomic mass is 10.5. The van der Waals surface area contributed by atoms with Crippen LogP contribution in [0.25, 0.3) is 0 Å². The number of aryl methyl sites for hydroxylation is 1. The van der Waals surface area contributed by atoms with Crippen molar-refractivity contribution >= 4 is 0 Å².